The quantitative estimate of drug-likeness (QED) is 0.406. The van der Waals surface area contributed by atoms with Gasteiger partial charge < -0.3 is 10.4 Å². The zero-order valence-corrected chi connectivity index (χ0v) is 22.0. The first-order chi connectivity index (χ1) is 18.4. The number of pyridine rings is 1. The van der Waals surface area contributed by atoms with Gasteiger partial charge in [-0.3, -0.25) is 14.3 Å². The van der Waals surface area contributed by atoms with Gasteiger partial charge in [-0.1, -0.05) is 6.42 Å². The summed E-state index contributed by atoms with van der Waals surface area (Å²) >= 11 is 0. The maximum absolute atomic E-state index is 15.1. The number of aromatic nitrogens is 3. The number of aliphatic hydroxyl groups is 1. The summed E-state index contributed by atoms with van der Waals surface area (Å²) in [5, 5.41) is 26.1. The molecule has 39 heavy (non-hydrogen) atoms. The molecule has 0 aliphatic heterocycles. The van der Waals surface area contributed by atoms with Gasteiger partial charge in [0.1, 0.15) is 17.1 Å². The predicted octanol–water partition coefficient (Wildman–Crippen LogP) is 5.17. The second kappa shape index (κ2) is 11.1. The van der Waals surface area contributed by atoms with Crippen LogP contribution in [0.25, 0.3) is 22.0 Å². The van der Waals surface area contributed by atoms with Crippen LogP contribution in [0.5, 0.6) is 0 Å². The van der Waals surface area contributed by atoms with Crippen molar-refractivity contribution in [3.05, 3.63) is 41.5 Å². The average molecular weight is 542 g/mol. The van der Waals surface area contributed by atoms with Crippen LogP contribution in [0.15, 0.2) is 24.4 Å². The summed E-state index contributed by atoms with van der Waals surface area (Å²) in [5.74, 6) is -1.12. The van der Waals surface area contributed by atoms with Crippen molar-refractivity contribution in [2.45, 2.75) is 64.4 Å². The SMILES string of the molecule is Cc1cnc(NC(=O)[C@H]2CCC[C@@H](CC(=O)CC#N)C2)cc1-c1cc(F)c2nn(C)c([C@](C)(O)C(F)F)c2c1. The van der Waals surface area contributed by atoms with Gasteiger partial charge in [0.2, 0.25) is 5.91 Å². The van der Waals surface area contributed by atoms with E-state index in [-0.39, 0.29) is 58.8 Å². The van der Waals surface area contributed by atoms with E-state index in [0.717, 1.165) is 24.4 Å². The third kappa shape index (κ3) is 5.81. The number of hydrogen-bond donors (Lipinski definition) is 2. The van der Waals surface area contributed by atoms with Gasteiger partial charge in [-0.05, 0) is 73.9 Å². The Hall–Kier alpha value is -3.78. The van der Waals surface area contributed by atoms with Crippen LogP contribution in [0.4, 0.5) is 19.0 Å². The van der Waals surface area contributed by atoms with E-state index in [1.54, 1.807) is 13.0 Å². The highest BCUT2D eigenvalue weighted by Crippen LogP contribution is 2.37. The highest BCUT2D eigenvalue weighted by atomic mass is 19.3. The largest absolute Gasteiger partial charge is 0.378 e. The van der Waals surface area contributed by atoms with Crippen LogP contribution in [0.2, 0.25) is 0 Å². The minimum absolute atomic E-state index is 0.0470. The van der Waals surface area contributed by atoms with E-state index in [9.17, 15) is 23.5 Å². The minimum atomic E-state index is -3.13. The lowest BCUT2D eigenvalue weighted by Crippen LogP contribution is -2.33. The van der Waals surface area contributed by atoms with Gasteiger partial charge in [0.15, 0.2) is 11.4 Å². The zero-order chi connectivity index (χ0) is 28.5. The van der Waals surface area contributed by atoms with E-state index in [1.807, 2.05) is 6.07 Å². The van der Waals surface area contributed by atoms with Crippen LogP contribution < -0.4 is 5.32 Å². The van der Waals surface area contributed by atoms with Gasteiger partial charge in [0.25, 0.3) is 6.43 Å². The number of halogens is 3. The van der Waals surface area contributed by atoms with Crippen molar-refractivity contribution < 1.29 is 27.9 Å². The summed E-state index contributed by atoms with van der Waals surface area (Å²) < 4.78 is 43.5. The van der Waals surface area contributed by atoms with Crippen molar-refractivity contribution >= 4 is 28.4 Å². The maximum Gasteiger partial charge on any atom is 0.272 e. The Morgan fingerprint density at radius 2 is 2.05 bits per heavy atom. The molecule has 2 N–H and O–H groups in total. The number of alkyl halides is 2. The highest BCUT2D eigenvalue weighted by molar-refractivity contribution is 5.93. The molecule has 2 aromatic heterocycles. The fraction of sp³-hybridized carbons (Fsp3) is 0.464. The summed E-state index contributed by atoms with van der Waals surface area (Å²) in [7, 11) is 1.37. The fourth-order valence-electron chi connectivity index (χ4n) is 5.44. The molecule has 4 rings (SSSR count). The molecular formula is C28H30F3N5O3. The third-order valence-corrected chi connectivity index (χ3v) is 7.41. The van der Waals surface area contributed by atoms with E-state index in [0.29, 0.717) is 29.5 Å². The van der Waals surface area contributed by atoms with E-state index in [4.69, 9.17) is 5.26 Å². The molecule has 0 bridgehead atoms. The third-order valence-electron chi connectivity index (χ3n) is 7.41. The Balaban J connectivity index is 1.61. The number of benzene rings is 1. The Labute approximate surface area is 223 Å². The number of nitriles is 1. The lowest BCUT2D eigenvalue weighted by molar-refractivity contribution is -0.123. The maximum atomic E-state index is 15.1. The number of amides is 1. The number of fused-ring (bicyclic) bond motifs is 1. The molecule has 1 saturated carbocycles. The van der Waals surface area contributed by atoms with E-state index in [2.05, 4.69) is 15.4 Å². The van der Waals surface area contributed by atoms with Crippen LogP contribution in [0, 0.1) is 35.9 Å². The molecule has 0 radical (unpaired) electrons. The van der Waals surface area contributed by atoms with Crippen molar-refractivity contribution in [1.29, 1.82) is 5.26 Å². The number of carbonyl (C=O) groups excluding carboxylic acids is 2. The van der Waals surface area contributed by atoms with Crippen molar-refractivity contribution in [3.63, 3.8) is 0 Å². The van der Waals surface area contributed by atoms with Crippen molar-refractivity contribution in [1.82, 2.24) is 14.8 Å². The van der Waals surface area contributed by atoms with E-state index in [1.165, 1.54) is 25.4 Å². The fourth-order valence-corrected chi connectivity index (χ4v) is 5.44. The molecule has 1 fully saturated rings. The number of carbonyl (C=O) groups is 2. The molecule has 3 atom stereocenters. The molecule has 2 heterocycles. The molecule has 3 aromatic rings. The van der Waals surface area contributed by atoms with E-state index >= 15 is 4.39 Å². The summed E-state index contributed by atoms with van der Waals surface area (Å²) in [4.78, 5) is 29.2. The first kappa shape index (κ1) is 28.2. The van der Waals surface area contributed by atoms with Crippen molar-refractivity contribution in [2.75, 3.05) is 5.32 Å². The van der Waals surface area contributed by atoms with Crippen LogP contribution in [-0.2, 0) is 22.2 Å². The van der Waals surface area contributed by atoms with Gasteiger partial charge >= 0.3 is 0 Å². The number of anilines is 1. The lowest BCUT2D eigenvalue weighted by atomic mass is 9.78. The van der Waals surface area contributed by atoms with Crippen LogP contribution in [0.3, 0.4) is 0 Å². The number of nitrogens with zero attached hydrogens (tertiary/aromatic N) is 4. The van der Waals surface area contributed by atoms with Gasteiger partial charge in [-0.25, -0.2) is 18.2 Å². The Morgan fingerprint density at radius 1 is 1.31 bits per heavy atom. The van der Waals surface area contributed by atoms with Gasteiger partial charge in [-0.2, -0.15) is 10.4 Å². The van der Waals surface area contributed by atoms with Gasteiger partial charge in [-0.15, -0.1) is 0 Å². The average Bonchev–Trinajstić information content (AvgIpc) is 3.22. The number of aryl methyl sites for hydroxylation is 2. The van der Waals surface area contributed by atoms with Gasteiger partial charge in [0.05, 0.1) is 18.2 Å². The highest BCUT2D eigenvalue weighted by Gasteiger charge is 2.39. The Kier molecular flexibility index (Phi) is 8.07. The van der Waals surface area contributed by atoms with Crippen LogP contribution >= 0.6 is 0 Å². The number of nitrogens with one attached hydrogen (secondary N) is 1. The second-order valence-electron chi connectivity index (χ2n) is 10.5. The Bertz CT molecular complexity index is 1460. The first-order valence-electron chi connectivity index (χ1n) is 12.8. The number of rotatable bonds is 8. The number of ketones is 1. The molecule has 1 aromatic carbocycles. The lowest BCUT2D eigenvalue weighted by Gasteiger charge is -2.27. The van der Waals surface area contributed by atoms with Gasteiger partial charge in [0, 0.05) is 31.0 Å². The second-order valence-corrected chi connectivity index (χ2v) is 10.5. The molecular weight excluding hydrogens is 511 g/mol. The number of Topliss-reactive ketones (excluding diaryl/α,β-unsaturated/α-hetero) is 1. The zero-order valence-electron chi connectivity index (χ0n) is 22.0. The van der Waals surface area contributed by atoms with Crippen LogP contribution in [0.1, 0.15) is 56.7 Å². The summed E-state index contributed by atoms with van der Waals surface area (Å²) in [6.07, 6.45) is 1.39. The minimum Gasteiger partial charge on any atom is -0.378 e. The summed E-state index contributed by atoms with van der Waals surface area (Å²) in [6.45, 7) is 2.71. The normalized spacial score (nSPS) is 19.1. The molecule has 8 nitrogen and oxygen atoms in total. The molecule has 1 aliphatic carbocycles. The standard InChI is InChI=1S/C28H30F3N5O3/c1-15-14-33-23(34-26(38)17-6-4-5-16(9-17)10-19(37)7-8-32)13-20(15)18-11-21-24(22(29)12-18)35-36(3)25(21)28(2,39)27(30)31/h11-14,16-17,27,39H,4-7,9-10H2,1-3H3,(H,33,34,38)/t16-,17+,28+/m1/s1. The smallest absolute Gasteiger partial charge is 0.272 e. The molecule has 1 amide bonds. The molecule has 0 saturated heterocycles. The predicted molar refractivity (Wildman–Crippen MR) is 138 cm³/mol. The molecule has 11 heteroatoms. The van der Waals surface area contributed by atoms with Crippen LogP contribution in [-0.4, -0.2) is 38.0 Å². The monoisotopic (exact) mass is 541 g/mol. The first-order valence-corrected chi connectivity index (χ1v) is 12.8. The summed E-state index contributed by atoms with van der Waals surface area (Å²) in [6, 6.07) is 6.18. The molecule has 206 valence electrons. The Morgan fingerprint density at radius 3 is 2.74 bits per heavy atom. The molecule has 0 spiro atoms. The number of hydrogen-bond acceptors (Lipinski definition) is 6. The van der Waals surface area contributed by atoms with Crippen molar-refractivity contribution in [3.8, 4) is 17.2 Å². The molecule has 0 unspecified atom stereocenters. The summed E-state index contributed by atoms with van der Waals surface area (Å²) in [5.41, 5.74) is -1.38. The van der Waals surface area contributed by atoms with Crippen molar-refractivity contribution in [2.24, 2.45) is 18.9 Å². The van der Waals surface area contributed by atoms with E-state index < -0.39 is 17.8 Å². The topological polar surface area (TPSA) is 121 Å². The molecule has 1 aliphatic rings.